The fourth-order valence-corrected chi connectivity index (χ4v) is 4.89. The largest absolute Gasteiger partial charge is 0.322 e. The number of aliphatic imine (C=N–C) groups is 1. The number of amides is 1. The third-order valence-corrected chi connectivity index (χ3v) is 6.24. The Morgan fingerprint density at radius 3 is 3.00 bits per heavy atom. The number of benzene rings is 1. The summed E-state index contributed by atoms with van der Waals surface area (Å²) in [6, 6.07) is 8.27. The maximum absolute atomic E-state index is 12.4. The zero-order valence-electron chi connectivity index (χ0n) is 14.5. The predicted octanol–water partition coefficient (Wildman–Crippen LogP) is 3.35. The lowest BCUT2D eigenvalue weighted by Crippen LogP contribution is -2.24. The number of aromatic nitrogens is 3. The summed E-state index contributed by atoms with van der Waals surface area (Å²) in [7, 11) is 0. The van der Waals surface area contributed by atoms with Gasteiger partial charge in [-0.25, -0.2) is 4.52 Å². The van der Waals surface area contributed by atoms with E-state index in [-0.39, 0.29) is 5.91 Å². The number of nitrogens with one attached hydrogen (secondary N) is 1. The Hall–Kier alpha value is -2.65. The zero-order valence-corrected chi connectivity index (χ0v) is 16.2. The monoisotopic (exact) mass is 396 g/mol. The van der Waals surface area contributed by atoms with Crippen molar-refractivity contribution in [1.29, 1.82) is 0 Å². The van der Waals surface area contributed by atoms with Gasteiger partial charge in [0, 0.05) is 23.2 Å². The second-order valence-corrected chi connectivity index (χ2v) is 8.06. The average Bonchev–Trinajstić information content (AvgIpc) is 3.38. The molecule has 1 amide bonds. The fraction of sp³-hybridized carbons (Fsp3) is 0.222. The Kier molecular flexibility index (Phi) is 3.98. The predicted molar refractivity (Wildman–Crippen MR) is 109 cm³/mol. The van der Waals surface area contributed by atoms with Crippen LogP contribution < -0.4 is 5.32 Å². The normalized spacial score (nSPS) is 15.8. The molecule has 2 aliphatic rings. The highest BCUT2D eigenvalue weighted by atomic mass is 32.2. The molecule has 136 valence electrons. The summed E-state index contributed by atoms with van der Waals surface area (Å²) in [5.41, 5.74) is 4.23. The number of nitrogens with zero attached hydrogens (tertiary/aromatic N) is 5. The lowest BCUT2D eigenvalue weighted by Gasteiger charge is -2.15. The van der Waals surface area contributed by atoms with Crippen LogP contribution in [0.15, 0.2) is 45.7 Å². The van der Waals surface area contributed by atoms with E-state index in [4.69, 9.17) is 0 Å². The van der Waals surface area contributed by atoms with Crippen molar-refractivity contribution in [3.05, 3.63) is 46.3 Å². The van der Waals surface area contributed by atoms with Crippen molar-refractivity contribution in [1.82, 2.24) is 19.5 Å². The van der Waals surface area contributed by atoms with Gasteiger partial charge in [-0.15, -0.1) is 16.4 Å². The molecule has 7 nitrogen and oxygen atoms in total. The van der Waals surface area contributed by atoms with Crippen LogP contribution >= 0.6 is 23.1 Å². The molecule has 5 rings (SSSR count). The van der Waals surface area contributed by atoms with Crippen molar-refractivity contribution >= 4 is 45.1 Å². The van der Waals surface area contributed by atoms with Crippen LogP contribution in [0.25, 0.3) is 16.2 Å². The quantitative estimate of drug-likeness (QED) is 0.732. The third kappa shape index (κ3) is 3.02. The van der Waals surface area contributed by atoms with Crippen molar-refractivity contribution in [2.24, 2.45) is 4.99 Å². The van der Waals surface area contributed by atoms with Gasteiger partial charge in [0.1, 0.15) is 0 Å². The molecule has 3 aromatic rings. The van der Waals surface area contributed by atoms with Gasteiger partial charge in [0.05, 0.1) is 18.7 Å². The molecule has 0 bridgehead atoms. The first-order valence-electron chi connectivity index (χ1n) is 8.56. The van der Waals surface area contributed by atoms with Crippen molar-refractivity contribution in [2.45, 2.75) is 13.3 Å². The molecule has 0 spiro atoms. The minimum absolute atomic E-state index is 0.120. The number of carbonyl (C=O) groups is 1. The number of hydrogen-bond donors (Lipinski definition) is 1. The lowest BCUT2D eigenvalue weighted by atomic mass is 10.1. The van der Waals surface area contributed by atoms with Gasteiger partial charge in [-0.1, -0.05) is 41.6 Å². The molecule has 0 saturated carbocycles. The molecule has 1 N–H and O–H groups in total. The van der Waals surface area contributed by atoms with Crippen molar-refractivity contribution < 1.29 is 4.79 Å². The van der Waals surface area contributed by atoms with E-state index in [2.05, 4.69) is 56.5 Å². The van der Waals surface area contributed by atoms with Gasteiger partial charge in [0.15, 0.2) is 5.17 Å². The highest BCUT2D eigenvalue weighted by Crippen LogP contribution is 2.31. The number of amidine groups is 1. The molecule has 0 unspecified atom stereocenters. The van der Waals surface area contributed by atoms with E-state index < -0.39 is 0 Å². The summed E-state index contributed by atoms with van der Waals surface area (Å²) in [4.78, 5) is 24.1. The number of hydrogen-bond acceptors (Lipinski definition) is 7. The smallest absolute Gasteiger partial charge is 0.250 e. The number of carbonyl (C=O) groups excluding carboxylic acids is 1. The molecular formula is C18H16N6OS2. The van der Waals surface area contributed by atoms with Crippen LogP contribution in [0.1, 0.15) is 12.0 Å². The van der Waals surface area contributed by atoms with Crippen molar-refractivity contribution in [2.75, 3.05) is 18.4 Å². The zero-order chi connectivity index (χ0) is 18.4. The van der Waals surface area contributed by atoms with E-state index in [9.17, 15) is 4.79 Å². The maximum atomic E-state index is 12.4. The summed E-state index contributed by atoms with van der Waals surface area (Å²) in [6.07, 6.45) is 0.295. The Morgan fingerprint density at radius 2 is 2.15 bits per heavy atom. The molecule has 4 heterocycles. The van der Waals surface area contributed by atoms with Crippen LogP contribution in [-0.4, -0.2) is 43.7 Å². The Bertz CT molecular complexity index is 1090. The van der Waals surface area contributed by atoms with E-state index >= 15 is 0 Å². The van der Waals surface area contributed by atoms with Gasteiger partial charge in [-0.3, -0.25) is 15.1 Å². The second kappa shape index (κ2) is 6.50. The molecular weight excluding hydrogens is 380 g/mol. The molecule has 9 heteroatoms. The van der Waals surface area contributed by atoms with Crippen LogP contribution in [0.5, 0.6) is 0 Å². The number of anilines is 1. The van der Waals surface area contributed by atoms with E-state index in [0.717, 1.165) is 40.2 Å². The summed E-state index contributed by atoms with van der Waals surface area (Å²) < 4.78 is 1.78. The van der Waals surface area contributed by atoms with Gasteiger partial charge < -0.3 is 4.90 Å². The van der Waals surface area contributed by atoms with Crippen LogP contribution in [0.3, 0.4) is 0 Å². The van der Waals surface area contributed by atoms with Gasteiger partial charge in [-0.2, -0.15) is 4.98 Å². The summed E-state index contributed by atoms with van der Waals surface area (Å²) in [6.45, 7) is 3.70. The highest BCUT2D eigenvalue weighted by molar-refractivity contribution is 8.16. The SMILES string of the molecule is Cc1ccc(-c2csc3nc(NC(=O)CC4=CSC5=NCCN45)nn23)cc1. The van der Waals surface area contributed by atoms with Gasteiger partial charge in [-0.05, 0) is 12.3 Å². The van der Waals surface area contributed by atoms with E-state index in [0.29, 0.717) is 12.4 Å². The molecule has 0 radical (unpaired) electrons. The molecule has 27 heavy (non-hydrogen) atoms. The van der Waals surface area contributed by atoms with Crippen LogP contribution in [-0.2, 0) is 4.79 Å². The van der Waals surface area contributed by atoms with Crippen LogP contribution in [0, 0.1) is 6.92 Å². The molecule has 0 fully saturated rings. The first kappa shape index (κ1) is 16.5. The first-order chi connectivity index (χ1) is 13.2. The van der Waals surface area contributed by atoms with E-state index in [1.54, 1.807) is 16.3 Å². The summed E-state index contributed by atoms with van der Waals surface area (Å²) in [5.74, 6) is 0.215. The number of rotatable bonds is 4. The summed E-state index contributed by atoms with van der Waals surface area (Å²) in [5, 5.41) is 12.3. The molecule has 2 aliphatic heterocycles. The molecule has 0 saturated heterocycles. The van der Waals surface area contributed by atoms with Gasteiger partial charge in [0.2, 0.25) is 16.8 Å². The van der Waals surface area contributed by atoms with Crippen molar-refractivity contribution in [3.8, 4) is 11.3 Å². The van der Waals surface area contributed by atoms with Crippen LogP contribution in [0.4, 0.5) is 5.95 Å². The van der Waals surface area contributed by atoms with E-state index in [1.165, 1.54) is 16.9 Å². The summed E-state index contributed by atoms with van der Waals surface area (Å²) >= 11 is 3.08. The third-order valence-electron chi connectivity index (χ3n) is 4.47. The minimum atomic E-state index is -0.120. The molecule has 2 aromatic heterocycles. The fourth-order valence-electron chi connectivity index (χ4n) is 3.11. The second-order valence-electron chi connectivity index (χ2n) is 6.38. The Labute approximate surface area is 163 Å². The van der Waals surface area contributed by atoms with Gasteiger partial charge >= 0.3 is 0 Å². The lowest BCUT2D eigenvalue weighted by molar-refractivity contribution is -0.115. The molecule has 0 atom stereocenters. The first-order valence-corrected chi connectivity index (χ1v) is 10.3. The topological polar surface area (TPSA) is 74.9 Å². The maximum Gasteiger partial charge on any atom is 0.250 e. The Morgan fingerprint density at radius 1 is 1.30 bits per heavy atom. The average molecular weight is 397 g/mol. The van der Waals surface area contributed by atoms with Crippen LogP contribution in [0.2, 0.25) is 0 Å². The molecule has 1 aromatic carbocycles. The van der Waals surface area contributed by atoms with E-state index in [1.807, 2.05) is 10.8 Å². The number of aryl methyl sites for hydroxylation is 1. The van der Waals surface area contributed by atoms with Gasteiger partial charge in [0.25, 0.3) is 0 Å². The Balaban J connectivity index is 1.33. The molecule has 0 aliphatic carbocycles. The number of thiazole rings is 1. The van der Waals surface area contributed by atoms with Crippen molar-refractivity contribution in [3.63, 3.8) is 0 Å². The minimum Gasteiger partial charge on any atom is -0.322 e. The number of thioether (sulfide) groups is 1. The number of fused-ring (bicyclic) bond motifs is 2. The highest BCUT2D eigenvalue weighted by Gasteiger charge is 2.27. The standard InChI is InChI=1S/C18H16N6OS2/c1-11-2-4-12(5-3-11)14-10-27-18-21-16(22-24(14)18)20-15(25)8-13-9-26-17-19-6-7-23(13)17/h2-5,9-10H,6-8H2,1H3,(H,20,22,25).